The lowest BCUT2D eigenvalue weighted by atomic mass is 9.92. The van der Waals surface area contributed by atoms with Crippen LogP contribution in [0, 0.1) is 6.92 Å². The van der Waals surface area contributed by atoms with Crippen LogP contribution >= 0.6 is 0 Å². The SMILES string of the molecule is Cc1nc2c(cnn2C(C)C)cc1C(=O)NC1CCCCC1O. The maximum atomic E-state index is 12.6. The third kappa shape index (κ3) is 3.08. The van der Waals surface area contributed by atoms with Crippen molar-refractivity contribution in [1.29, 1.82) is 0 Å². The third-order valence-corrected chi connectivity index (χ3v) is 4.54. The molecule has 0 radical (unpaired) electrons. The highest BCUT2D eigenvalue weighted by Crippen LogP contribution is 2.21. The number of nitrogens with one attached hydrogen (secondary N) is 1. The number of pyridine rings is 1. The highest BCUT2D eigenvalue weighted by atomic mass is 16.3. The minimum atomic E-state index is -0.451. The number of carbonyl (C=O) groups is 1. The Morgan fingerprint density at radius 2 is 2.13 bits per heavy atom. The quantitative estimate of drug-likeness (QED) is 0.911. The van der Waals surface area contributed by atoms with Crippen LogP contribution in [0.1, 0.15) is 61.6 Å². The van der Waals surface area contributed by atoms with Crippen molar-refractivity contribution in [2.75, 3.05) is 0 Å². The molecule has 2 aromatic rings. The fraction of sp³-hybridized carbons (Fsp3) is 0.588. The van der Waals surface area contributed by atoms with Crippen LogP contribution in [0.25, 0.3) is 11.0 Å². The maximum absolute atomic E-state index is 12.6. The van der Waals surface area contributed by atoms with E-state index in [4.69, 9.17) is 0 Å². The van der Waals surface area contributed by atoms with Gasteiger partial charge in [-0.05, 0) is 39.7 Å². The average molecular weight is 316 g/mol. The molecule has 2 heterocycles. The maximum Gasteiger partial charge on any atom is 0.253 e. The molecule has 6 nitrogen and oxygen atoms in total. The van der Waals surface area contributed by atoms with E-state index < -0.39 is 6.10 Å². The first-order valence-corrected chi connectivity index (χ1v) is 8.31. The Morgan fingerprint density at radius 1 is 1.39 bits per heavy atom. The first-order chi connectivity index (χ1) is 11.0. The molecule has 124 valence electrons. The van der Waals surface area contributed by atoms with Gasteiger partial charge in [-0.25, -0.2) is 9.67 Å². The molecule has 0 aromatic carbocycles. The largest absolute Gasteiger partial charge is 0.391 e. The van der Waals surface area contributed by atoms with Gasteiger partial charge in [0.25, 0.3) is 5.91 Å². The Kier molecular flexibility index (Phi) is 4.35. The van der Waals surface area contributed by atoms with Crippen LogP contribution in [0.3, 0.4) is 0 Å². The van der Waals surface area contributed by atoms with Crippen molar-refractivity contribution in [1.82, 2.24) is 20.1 Å². The van der Waals surface area contributed by atoms with Crippen molar-refractivity contribution in [3.8, 4) is 0 Å². The Balaban J connectivity index is 1.87. The number of rotatable bonds is 3. The van der Waals surface area contributed by atoms with Gasteiger partial charge in [-0.1, -0.05) is 12.8 Å². The zero-order valence-electron chi connectivity index (χ0n) is 13.9. The van der Waals surface area contributed by atoms with Gasteiger partial charge in [0.1, 0.15) is 0 Å². The summed E-state index contributed by atoms with van der Waals surface area (Å²) in [7, 11) is 0. The minimum absolute atomic E-state index is 0.162. The second kappa shape index (κ2) is 6.28. The predicted octanol–water partition coefficient (Wildman–Crippen LogP) is 2.35. The molecule has 6 heteroatoms. The number of aromatic nitrogens is 3. The lowest BCUT2D eigenvalue weighted by Gasteiger charge is -2.28. The summed E-state index contributed by atoms with van der Waals surface area (Å²) in [6, 6.07) is 1.90. The van der Waals surface area contributed by atoms with Crippen LogP contribution in [-0.2, 0) is 0 Å². The standard InChI is InChI=1S/C17H24N4O2/c1-10(2)21-16-12(9-18-21)8-13(11(3)19-16)17(23)20-14-6-4-5-7-15(14)22/h8-10,14-15,22H,4-7H2,1-3H3,(H,20,23). The molecule has 0 saturated heterocycles. The second-order valence-corrected chi connectivity index (χ2v) is 6.65. The first kappa shape index (κ1) is 15.9. The Bertz CT molecular complexity index is 723. The zero-order valence-corrected chi connectivity index (χ0v) is 13.9. The Labute approximate surface area is 135 Å². The van der Waals surface area contributed by atoms with E-state index >= 15 is 0 Å². The summed E-state index contributed by atoms with van der Waals surface area (Å²) >= 11 is 0. The number of carbonyl (C=O) groups excluding carboxylic acids is 1. The van der Waals surface area contributed by atoms with E-state index in [2.05, 4.69) is 29.2 Å². The summed E-state index contributed by atoms with van der Waals surface area (Å²) in [6.45, 7) is 5.94. The van der Waals surface area contributed by atoms with Crippen molar-refractivity contribution in [2.45, 2.75) is 64.6 Å². The van der Waals surface area contributed by atoms with Gasteiger partial charge in [0, 0.05) is 11.4 Å². The van der Waals surface area contributed by atoms with Crippen LogP contribution < -0.4 is 5.32 Å². The van der Waals surface area contributed by atoms with Crippen molar-refractivity contribution >= 4 is 16.9 Å². The van der Waals surface area contributed by atoms with Crippen LogP contribution in [0.5, 0.6) is 0 Å². The van der Waals surface area contributed by atoms with Crippen LogP contribution in [0.2, 0.25) is 0 Å². The monoisotopic (exact) mass is 316 g/mol. The van der Waals surface area contributed by atoms with Gasteiger partial charge in [-0.3, -0.25) is 4.79 Å². The van der Waals surface area contributed by atoms with Crippen molar-refractivity contribution in [2.24, 2.45) is 0 Å². The van der Waals surface area contributed by atoms with Crippen molar-refractivity contribution < 1.29 is 9.90 Å². The molecule has 23 heavy (non-hydrogen) atoms. The summed E-state index contributed by atoms with van der Waals surface area (Å²) in [5.74, 6) is -0.167. The van der Waals surface area contributed by atoms with E-state index in [1.807, 2.05) is 17.7 Å². The summed E-state index contributed by atoms with van der Waals surface area (Å²) in [5.41, 5.74) is 2.04. The van der Waals surface area contributed by atoms with Gasteiger partial charge >= 0.3 is 0 Å². The minimum Gasteiger partial charge on any atom is -0.391 e. The molecule has 1 saturated carbocycles. The van der Waals surface area contributed by atoms with Crippen molar-refractivity contribution in [3.63, 3.8) is 0 Å². The number of hydrogen-bond acceptors (Lipinski definition) is 4. The number of hydrogen-bond donors (Lipinski definition) is 2. The molecule has 3 rings (SSSR count). The van der Waals surface area contributed by atoms with E-state index in [9.17, 15) is 9.90 Å². The number of nitrogens with zero attached hydrogens (tertiary/aromatic N) is 3. The Hall–Kier alpha value is -1.95. The van der Waals surface area contributed by atoms with Gasteiger partial charge in [-0.15, -0.1) is 0 Å². The smallest absolute Gasteiger partial charge is 0.253 e. The average Bonchev–Trinajstić information content (AvgIpc) is 2.91. The highest BCUT2D eigenvalue weighted by molar-refractivity contribution is 5.98. The summed E-state index contributed by atoms with van der Waals surface area (Å²) < 4.78 is 1.86. The summed E-state index contributed by atoms with van der Waals surface area (Å²) in [5, 5.41) is 18.2. The second-order valence-electron chi connectivity index (χ2n) is 6.65. The van der Waals surface area contributed by atoms with Crippen LogP contribution in [-0.4, -0.2) is 37.9 Å². The lowest BCUT2D eigenvalue weighted by Crippen LogP contribution is -2.45. The van der Waals surface area contributed by atoms with E-state index in [1.54, 1.807) is 6.20 Å². The molecule has 2 aromatic heterocycles. The van der Waals surface area contributed by atoms with Gasteiger partial charge in [-0.2, -0.15) is 5.10 Å². The zero-order chi connectivity index (χ0) is 16.6. The fourth-order valence-corrected chi connectivity index (χ4v) is 3.20. The van der Waals surface area contributed by atoms with Crippen molar-refractivity contribution in [3.05, 3.63) is 23.5 Å². The number of aliphatic hydroxyl groups is 1. The summed E-state index contributed by atoms with van der Waals surface area (Å²) in [4.78, 5) is 17.1. The molecular formula is C17H24N4O2. The third-order valence-electron chi connectivity index (χ3n) is 4.54. The summed E-state index contributed by atoms with van der Waals surface area (Å²) in [6.07, 6.45) is 4.94. The highest BCUT2D eigenvalue weighted by Gasteiger charge is 2.26. The molecule has 2 N–H and O–H groups in total. The number of fused-ring (bicyclic) bond motifs is 1. The van der Waals surface area contributed by atoms with Gasteiger partial charge in [0.15, 0.2) is 5.65 Å². The number of aryl methyl sites for hydroxylation is 1. The topological polar surface area (TPSA) is 80.0 Å². The molecule has 0 aliphatic heterocycles. The number of aliphatic hydroxyl groups excluding tert-OH is 1. The van der Waals surface area contributed by atoms with Crippen LogP contribution in [0.15, 0.2) is 12.3 Å². The Morgan fingerprint density at radius 3 is 2.83 bits per heavy atom. The van der Waals surface area contributed by atoms with E-state index in [-0.39, 0.29) is 18.0 Å². The van der Waals surface area contributed by atoms with Gasteiger partial charge < -0.3 is 10.4 Å². The lowest BCUT2D eigenvalue weighted by molar-refractivity contribution is 0.0716. The molecule has 0 bridgehead atoms. The molecule has 1 fully saturated rings. The predicted molar refractivity (Wildman–Crippen MR) is 88.4 cm³/mol. The van der Waals surface area contributed by atoms with E-state index in [0.717, 1.165) is 36.7 Å². The molecular weight excluding hydrogens is 292 g/mol. The molecule has 2 atom stereocenters. The molecule has 1 aliphatic carbocycles. The van der Waals surface area contributed by atoms with E-state index in [0.29, 0.717) is 11.3 Å². The molecule has 1 amide bonds. The molecule has 2 unspecified atom stereocenters. The normalized spacial score (nSPS) is 21.8. The van der Waals surface area contributed by atoms with E-state index in [1.165, 1.54) is 0 Å². The van der Waals surface area contributed by atoms with Gasteiger partial charge in [0.2, 0.25) is 0 Å². The van der Waals surface area contributed by atoms with Crippen LogP contribution in [0.4, 0.5) is 0 Å². The molecule has 0 spiro atoms. The number of amides is 1. The fourth-order valence-electron chi connectivity index (χ4n) is 3.20. The molecule has 1 aliphatic rings. The van der Waals surface area contributed by atoms with Gasteiger partial charge in [0.05, 0.1) is 29.6 Å². The first-order valence-electron chi connectivity index (χ1n) is 8.31.